The van der Waals surface area contributed by atoms with Gasteiger partial charge in [0.05, 0.1) is 0 Å². The maximum absolute atomic E-state index is 13.6. The van der Waals surface area contributed by atoms with Gasteiger partial charge in [-0.05, 0) is 12.1 Å². The van der Waals surface area contributed by atoms with E-state index in [9.17, 15) is 17.6 Å². The first-order valence-electron chi connectivity index (χ1n) is 5.27. The molecule has 2 aromatic carbocycles. The molecule has 0 fully saturated rings. The van der Waals surface area contributed by atoms with Crippen molar-refractivity contribution in [3.8, 4) is 11.5 Å². The summed E-state index contributed by atoms with van der Waals surface area (Å²) in [5, 5.41) is 0. The lowest BCUT2D eigenvalue weighted by molar-refractivity contribution is 0.452. The maximum atomic E-state index is 13.6. The van der Waals surface area contributed by atoms with Gasteiger partial charge >= 0.3 is 0 Å². The summed E-state index contributed by atoms with van der Waals surface area (Å²) >= 11 is 0. The van der Waals surface area contributed by atoms with Gasteiger partial charge in [0.25, 0.3) is 0 Å². The lowest BCUT2D eigenvalue weighted by Crippen LogP contribution is -1.98. The van der Waals surface area contributed by atoms with Crippen LogP contribution < -0.4 is 0 Å². The molecule has 0 unspecified atom stereocenters. The number of aromatic nitrogens is 1. The average Bonchev–Trinajstić information content (AvgIpc) is 2.80. The fourth-order valence-electron chi connectivity index (χ4n) is 1.74. The highest BCUT2D eigenvalue weighted by atomic mass is 19.2. The standard InChI is InChI=1S/C13H5F4NO/c14-6-5-7(15)12(17)10(11(6)16)13-18-8-3-1-2-4-9(8)19-13/h1-5H. The van der Waals surface area contributed by atoms with Crippen LogP contribution in [0.2, 0.25) is 0 Å². The van der Waals surface area contributed by atoms with E-state index in [2.05, 4.69) is 4.98 Å². The molecule has 6 heteroatoms. The van der Waals surface area contributed by atoms with E-state index in [4.69, 9.17) is 4.42 Å². The zero-order chi connectivity index (χ0) is 13.6. The first kappa shape index (κ1) is 11.7. The molecule has 0 saturated carbocycles. The Morgan fingerprint density at radius 2 is 1.53 bits per heavy atom. The minimum absolute atomic E-state index is 0.136. The highest BCUT2D eigenvalue weighted by Crippen LogP contribution is 2.31. The summed E-state index contributed by atoms with van der Waals surface area (Å²) in [6.45, 7) is 0. The van der Waals surface area contributed by atoms with Crippen molar-refractivity contribution in [2.75, 3.05) is 0 Å². The summed E-state index contributed by atoms with van der Waals surface area (Å²) in [4.78, 5) is 3.81. The third kappa shape index (κ3) is 1.76. The molecule has 96 valence electrons. The molecule has 0 N–H and O–H groups in total. The van der Waals surface area contributed by atoms with Crippen molar-refractivity contribution in [1.82, 2.24) is 4.98 Å². The van der Waals surface area contributed by atoms with Gasteiger partial charge in [0.15, 0.2) is 28.9 Å². The Morgan fingerprint density at radius 3 is 2.16 bits per heavy atom. The molecule has 0 aliphatic carbocycles. The molecule has 0 aliphatic heterocycles. The van der Waals surface area contributed by atoms with Crippen molar-refractivity contribution in [1.29, 1.82) is 0 Å². The van der Waals surface area contributed by atoms with Crippen LogP contribution in [0.15, 0.2) is 34.7 Å². The van der Waals surface area contributed by atoms with Crippen LogP contribution in [0.4, 0.5) is 17.6 Å². The van der Waals surface area contributed by atoms with Crippen LogP contribution >= 0.6 is 0 Å². The lowest BCUT2D eigenvalue weighted by Gasteiger charge is -2.02. The number of oxazole rings is 1. The fraction of sp³-hybridized carbons (Fsp3) is 0. The molecule has 0 bridgehead atoms. The molecule has 3 rings (SSSR count). The molecule has 0 aliphatic rings. The molecule has 3 aromatic rings. The van der Waals surface area contributed by atoms with Crippen molar-refractivity contribution in [2.24, 2.45) is 0 Å². The molecule has 2 nitrogen and oxygen atoms in total. The topological polar surface area (TPSA) is 26.0 Å². The maximum Gasteiger partial charge on any atom is 0.233 e. The van der Waals surface area contributed by atoms with E-state index in [1.807, 2.05) is 0 Å². The van der Waals surface area contributed by atoms with E-state index in [0.717, 1.165) is 0 Å². The monoisotopic (exact) mass is 267 g/mol. The predicted octanol–water partition coefficient (Wildman–Crippen LogP) is 4.05. The second-order valence-electron chi connectivity index (χ2n) is 3.83. The lowest BCUT2D eigenvalue weighted by atomic mass is 10.2. The van der Waals surface area contributed by atoms with E-state index in [0.29, 0.717) is 5.52 Å². The predicted molar refractivity (Wildman–Crippen MR) is 59.3 cm³/mol. The van der Waals surface area contributed by atoms with E-state index >= 15 is 0 Å². The van der Waals surface area contributed by atoms with Gasteiger partial charge < -0.3 is 4.42 Å². The van der Waals surface area contributed by atoms with E-state index < -0.39 is 34.7 Å². The molecule has 0 saturated heterocycles. The van der Waals surface area contributed by atoms with Gasteiger partial charge in [-0.15, -0.1) is 0 Å². The van der Waals surface area contributed by atoms with Crippen LogP contribution in [0.25, 0.3) is 22.6 Å². The largest absolute Gasteiger partial charge is 0.436 e. The highest BCUT2D eigenvalue weighted by molar-refractivity contribution is 5.76. The third-order valence-electron chi connectivity index (χ3n) is 2.62. The molecule has 0 radical (unpaired) electrons. The second-order valence-corrected chi connectivity index (χ2v) is 3.83. The average molecular weight is 267 g/mol. The van der Waals surface area contributed by atoms with Crippen LogP contribution in [-0.4, -0.2) is 4.98 Å². The molecule has 1 aromatic heterocycles. The number of benzene rings is 2. The number of hydrogen-bond donors (Lipinski definition) is 0. The summed E-state index contributed by atoms with van der Waals surface area (Å²) in [6.07, 6.45) is 0. The molecular formula is C13H5F4NO. The van der Waals surface area contributed by atoms with Gasteiger partial charge in [-0.2, -0.15) is 0 Å². The van der Waals surface area contributed by atoms with Gasteiger partial charge in [0, 0.05) is 6.07 Å². The Morgan fingerprint density at radius 1 is 0.895 bits per heavy atom. The summed E-state index contributed by atoms with van der Waals surface area (Å²) in [5.41, 5.74) is -0.351. The SMILES string of the molecule is Fc1cc(F)c(F)c(-c2nc3ccccc3o2)c1F. The summed E-state index contributed by atoms with van der Waals surface area (Å²) < 4.78 is 58.5. The first-order chi connectivity index (χ1) is 9.08. The van der Waals surface area contributed by atoms with Gasteiger partial charge in [0.1, 0.15) is 11.1 Å². The Balaban J connectivity index is 2.32. The van der Waals surface area contributed by atoms with Crippen LogP contribution in [0.5, 0.6) is 0 Å². The van der Waals surface area contributed by atoms with Crippen molar-refractivity contribution in [3.63, 3.8) is 0 Å². The van der Waals surface area contributed by atoms with Crippen molar-refractivity contribution in [2.45, 2.75) is 0 Å². The zero-order valence-corrected chi connectivity index (χ0v) is 9.25. The van der Waals surface area contributed by atoms with E-state index in [-0.39, 0.29) is 11.6 Å². The number of fused-ring (bicyclic) bond motifs is 1. The van der Waals surface area contributed by atoms with Gasteiger partial charge in [-0.1, -0.05) is 12.1 Å². The van der Waals surface area contributed by atoms with Gasteiger partial charge in [-0.25, -0.2) is 22.5 Å². The Labute approximate surface area is 104 Å². The number of rotatable bonds is 1. The van der Waals surface area contributed by atoms with Gasteiger partial charge in [0.2, 0.25) is 5.89 Å². The molecule has 0 spiro atoms. The van der Waals surface area contributed by atoms with Crippen molar-refractivity contribution >= 4 is 11.1 Å². The molecule has 0 atom stereocenters. The Kier molecular flexibility index (Phi) is 2.51. The summed E-state index contributed by atoms with van der Waals surface area (Å²) in [7, 11) is 0. The van der Waals surface area contributed by atoms with Crippen LogP contribution in [0.1, 0.15) is 0 Å². The number of halogens is 4. The van der Waals surface area contributed by atoms with E-state index in [1.165, 1.54) is 6.07 Å². The second kappa shape index (κ2) is 4.08. The summed E-state index contributed by atoms with van der Waals surface area (Å²) in [5.74, 6) is -6.59. The number of hydrogen-bond acceptors (Lipinski definition) is 2. The smallest absolute Gasteiger partial charge is 0.233 e. The molecule has 19 heavy (non-hydrogen) atoms. The minimum Gasteiger partial charge on any atom is -0.436 e. The molecule has 1 heterocycles. The highest BCUT2D eigenvalue weighted by Gasteiger charge is 2.24. The summed E-state index contributed by atoms with van der Waals surface area (Å²) in [6, 6.07) is 6.49. The first-order valence-corrected chi connectivity index (χ1v) is 5.27. The van der Waals surface area contributed by atoms with Gasteiger partial charge in [-0.3, -0.25) is 0 Å². The van der Waals surface area contributed by atoms with E-state index in [1.54, 1.807) is 18.2 Å². The van der Waals surface area contributed by atoms with Crippen LogP contribution in [0, 0.1) is 23.3 Å². The number of para-hydroxylation sites is 2. The number of nitrogens with zero attached hydrogens (tertiary/aromatic N) is 1. The normalized spacial score (nSPS) is 11.2. The molecule has 0 amide bonds. The zero-order valence-electron chi connectivity index (χ0n) is 9.25. The Hall–Kier alpha value is -2.37. The molecular weight excluding hydrogens is 262 g/mol. The Bertz CT molecular complexity index is 722. The van der Waals surface area contributed by atoms with Crippen molar-refractivity contribution in [3.05, 3.63) is 53.6 Å². The quantitative estimate of drug-likeness (QED) is 0.491. The fourth-order valence-corrected chi connectivity index (χ4v) is 1.74. The minimum atomic E-state index is -1.54. The third-order valence-corrected chi connectivity index (χ3v) is 2.62. The van der Waals surface area contributed by atoms with Crippen LogP contribution in [0.3, 0.4) is 0 Å². The van der Waals surface area contributed by atoms with Crippen LogP contribution in [-0.2, 0) is 0 Å². The van der Waals surface area contributed by atoms with Crippen molar-refractivity contribution < 1.29 is 22.0 Å².